The molecular formula is C30H27F10NO2. The van der Waals surface area contributed by atoms with Crippen LogP contribution in [0, 0.1) is 5.82 Å². The van der Waals surface area contributed by atoms with Crippen molar-refractivity contribution >= 4 is 0 Å². The van der Waals surface area contributed by atoms with Crippen LogP contribution in [-0.2, 0) is 29.8 Å². The van der Waals surface area contributed by atoms with Crippen molar-refractivity contribution in [3.63, 3.8) is 0 Å². The predicted octanol–water partition coefficient (Wildman–Crippen LogP) is 9.60. The molecule has 1 fully saturated rings. The van der Waals surface area contributed by atoms with E-state index < -0.39 is 53.2 Å². The van der Waals surface area contributed by atoms with E-state index in [-0.39, 0.29) is 47.7 Å². The summed E-state index contributed by atoms with van der Waals surface area (Å²) in [6.07, 6.45) is -16.1. The van der Waals surface area contributed by atoms with Crippen LogP contribution < -0.4 is 4.74 Å². The maximum absolute atomic E-state index is 14.7. The number of rotatable bonds is 6. The Morgan fingerprint density at radius 3 is 1.91 bits per heavy atom. The van der Waals surface area contributed by atoms with Gasteiger partial charge in [0.25, 0.3) is 0 Å². The van der Waals surface area contributed by atoms with E-state index in [9.17, 15) is 43.9 Å². The Labute approximate surface area is 241 Å². The van der Waals surface area contributed by atoms with Crippen LogP contribution in [0.25, 0.3) is 11.1 Å². The van der Waals surface area contributed by atoms with Gasteiger partial charge in [-0.3, -0.25) is 4.90 Å². The van der Waals surface area contributed by atoms with Crippen molar-refractivity contribution in [3.05, 3.63) is 87.7 Å². The molecule has 3 aromatic carbocycles. The minimum Gasteiger partial charge on any atom is -0.496 e. The van der Waals surface area contributed by atoms with E-state index in [0.29, 0.717) is 23.3 Å². The molecule has 43 heavy (non-hydrogen) atoms. The monoisotopic (exact) mass is 623 g/mol. The molecule has 0 aliphatic carbocycles. The van der Waals surface area contributed by atoms with Crippen LogP contribution in [0.4, 0.5) is 43.9 Å². The number of methoxy groups -OCH3 is 1. The Morgan fingerprint density at radius 1 is 0.814 bits per heavy atom. The molecule has 0 bridgehead atoms. The maximum Gasteiger partial charge on any atom is 0.416 e. The third-order valence-corrected chi connectivity index (χ3v) is 7.41. The van der Waals surface area contributed by atoms with Gasteiger partial charge in [-0.2, -0.15) is 39.5 Å². The lowest BCUT2D eigenvalue weighted by Crippen LogP contribution is -2.29. The molecule has 4 rings (SSSR count). The van der Waals surface area contributed by atoms with Crippen LogP contribution in [0.15, 0.2) is 48.5 Å². The highest BCUT2D eigenvalue weighted by atomic mass is 19.4. The first-order valence-electron chi connectivity index (χ1n) is 13.0. The van der Waals surface area contributed by atoms with E-state index in [1.54, 1.807) is 13.8 Å². The smallest absolute Gasteiger partial charge is 0.416 e. The van der Waals surface area contributed by atoms with E-state index >= 15 is 0 Å². The van der Waals surface area contributed by atoms with E-state index in [1.165, 1.54) is 31.1 Å². The van der Waals surface area contributed by atoms with Crippen molar-refractivity contribution < 1.29 is 53.4 Å². The molecule has 1 saturated heterocycles. The summed E-state index contributed by atoms with van der Waals surface area (Å²) in [6, 6.07) is 5.93. The SMILES string of the molecule is COc1cc(F)c(C(C)C)cc1-c1ccc(C(F)(F)F)cc1CN1CO[C@H](c2cc(C(F)(F)F)cc(C(F)(F)F)c2)[C@@H]1C. The summed E-state index contributed by atoms with van der Waals surface area (Å²) >= 11 is 0. The minimum atomic E-state index is -5.06. The molecule has 0 radical (unpaired) electrons. The fourth-order valence-electron chi connectivity index (χ4n) is 5.11. The summed E-state index contributed by atoms with van der Waals surface area (Å²) < 4.78 is 147. The molecule has 0 saturated carbocycles. The second kappa shape index (κ2) is 11.6. The van der Waals surface area contributed by atoms with Crippen LogP contribution in [0.2, 0.25) is 0 Å². The first kappa shape index (κ1) is 32.6. The highest BCUT2D eigenvalue weighted by Gasteiger charge is 2.40. The van der Waals surface area contributed by atoms with E-state index in [0.717, 1.165) is 18.2 Å². The van der Waals surface area contributed by atoms with Crippen LogP contribution in [0.3, 0.4) is 0 Å². The number of nitrogens with zero attached hydrogens (tertiary/aromatic N) is 1. The van der Waals surface area contributed by atoms with Gasteiger partial charge in [0.1, 0.15) is 18.3 Å². The van der Waals surface area contributed by atoms with Crippen molar-refractivity contribution in [1.29, 1.82) is 0 Å². The number of alkyl halides is 9. The molecule has 0 spiro atoms. The zero-order valence-electron chi connectivity index (χ0n) is 23.3. The quantitative estimate of drug-likeness (QED) is 0.255. The lowest BCUT2D eigenvalue weighted by atomic mass is 9.91. The Morgan fingerprint density at radius 2 is 1.40 bits per heavy atom. The average molecular weight is 624 g/mol. The molecule has 2 atom stereocenters. The largest absolute Gasteiger partial charge is 0.496 e. The summed E-state index contributed by atoms with van der Waals surface area (Å²) in [6.45, 7) is 4.46. The van der Waals surface area contributed by atoms with Crippen molar-refractivity contribution in [3.8, 4) is 16.9 Å². The van der Waals surface area contributed by atoms with Crippen LogP contribution in [0.1, 0.15) is 66.2 Å². The van der Waals surface area contributed by atoms with Gasteiger partial charge in [0, 0.05) is 24.2 Å². The Hall–Kier alpha value is -3.32. The van der Waals surface area contributed by atoms with E-state index in [2.05, 4.69) is 0 Å². The number of benzene rings is 3. The standard InChI is InChI=1S/C30H27F10NO2/c1-15(2)23-11-24(26(42-4)12-25(23)31)22-6-5-19(28(32,33)34)9-18(22)13-41-14-43-27(16(41)3)17-7-20(29(35,36)37)10-21(8-17)30(38,39)40/h5-12,15-16,27H,13-14H2,1-4H3/t16-,27-/m0/s1. The number of hydrogen-bond donors (Lipinski definition) is 0. The fraction of sp³-hybridized carbons (Fsp3) is 0.400. The van der Waals surface area contributed by atoms with Gasteiger partial charge in [0.05, 0.1) is 29.9 Å². The van der Waals surface area contributed by atoms with E-state index in [4.69, 9.17) is 9.47 Å². The molecule has 0 N–H and O–H groups in total. The van der Waals surface area contributed by atoms with Crippen molar-refractivity contribution in [1.82, 2.24) is 4.90 Å². The highest BCUT2D eigenvalue weighted by Crippen LogP contribution is 2.43. The fourth-order valence-corrected chi connectivity index (χ4v) is 5.11. The summed E-state index contributed by atoms with van der Waals surface area (Å²) in [4.78, 5) is 1.50. The van der Waals surface area contributed by atoms with Gasteiger partial charge < -0.3 is 9.47 Å². The van der Waals surface area contributed by atoms with Gasteiger partial charge in [0.2, 0.25) is 0 Å². The molecular weight excluding hydrogens is 596 g/mol. The second-order valence-electron chi connectivity index (χ2n) is 10.6. The molecule has 3 nitrogen and oxygen atoms in total. The van der Waals surface area contributed by atoms with Gasteiger partial charge in [0.15, 0.2) is 0 Å². The first-order valence-corrected chi connectivity index (χ1v) is 13.0. The van der Waals surface area contributed by atoms with Crippen molar-refractivity contribution in [2.45, 2.75) is 63.9 Å². The molecule has 0 aromatic heterocycles. The molecule has 1 heterocycles. The first-order chi connectivity index (χ1) is 19.8. The number of halogens is 10. The summed E-state index contributed by atoms with van der Waals surface area (Å²) in [5, 5.41) is 0. The van der Waals surface area contributed by atoms with Gasteiger partial charge in [-0.15, -0.1) is 0 Å². The molecule has 1 aliphatic rings. The lowest BCUT2D eigenvalue weighted by Gasteiger charge is -2.25. The van der Waals surface area contributed by atoms with Gasteiger partial charge in [-0.1, -0.05) is 19.9 Å². The zero-order valence-corrected chi connectivity index (χ0v) is 23.3. The molecule has 3 aromatic rings. The highest BCUT2D eigenvalue weighted by molar-refractivity contribution is 5.75. The van der Waals surface area contributed by atoms with Gasteiger partial charge in [-0.25, -0.2) is 4.39 Å². The van der Waals surface area contributed by atoms with Crippen molar-refractivity contribution in [2.24, 2.45) is 0 Å². The zero-order chi connectivity index (χ0) is 32.1. The Balaban J connectivity index is 1.77. The van der Waals surface area contributed by atoms with Crippen LogP contribution in [-0.4, -0.2) is 24.8 Å². The van der Waals surface area contributed by atoms with Gasteiger partial charge in [-0.05, 0) is 71.5 Å². The molecule has 0 unspecified atom stereocenters. The minimum absolute atomic E-state index is 0.0112. The third-order valence-electron chi connectivity index (χ3n) is 7.41. The van der Waals surface area contributed by atoms with Crippen LogP contribution >= 0.6 is 0 Å². The summed E-state index contributed by atoms with van der Waals surface area (Å²) in [7, 11) is 1.28. The topological polar surface area (TPSA) is 21.7 Å². The van der Waals surface area contributed by atoms with Gasteiger partial charge >= 0.3 is 18.5 Å². The predicted molar refractivity (Wildman–Crippen MR) is 138 cm³/mol. The average Bonchev–Trinajstić information content (AvgIpc) is 3.26. The molecule has 0 amide bonds. The number of ether oxygens (including phenoxy) is 2. The summed E-state index contributed by atoms with van der Waals surface area (Å²) in [5.74, 6) is -0.771. The normalized spacial score (nSPS) is 18.5. The third kappa shape index (κ3) is 6.93. The Bertz CT molecular complexity index is 1450. The second-order valence-corrected chi connectivity index (χ2v) is 10.6. The molecule has 234 valence electrons. The summed E-state index contributed by atoms with van der Waals surface area (Å²) in [5.41, 5.74) is -3.35. The van der Waals surface area contributed by atoms with Crippen LogP contribution in [0.5, 0.6) is 5.75 Å². The van der Waals surface area contributed by atoms with E-state index in [1.807, 2.05) is 0 Å². The number of hydrogen-bond acceptors (Lipinski definition) is 3. The Kier molecular flexibility index (Phi) is 8.82. The van der Waals surface area contributed by atoms with Crippen molar-refractivity contribution in [2.75, 3.05) is 13.8 Å². The maximum atomic E-state index is 14.7. The molecule has 1 aliphatic heterocycles. The molecule has 13 heteroatoms. The lowest BCUT2D eigenvalue weighted by molar-refractivity contribution is -0.143.